The Labute approximate surface area is 169 Å². The van der Waals surface area contributed by atoms with Crippen LogP contribution in [0.4, 0.5) is 5.69 Å². The van der Waals surface area contributed by atoms with Crippen molar-refractivity contribution in [1.29, 1.82) is 0 Å². The predicted molar refractivity (Wildman–Crippen MR) is 109 cm³/mol. The number of carbonyl (C=O) groups is 1. The number of hydrogen-bond acceptors (Lipinski definition) is 6. The topological polar surface area (TPSA) is 114 Å². The number of nitrogens with zero attached hydrogens (tertiary/aromatic N) is 2. The molecule has 148 valence electrons. The second-order valence-corrected chi connectivity index (χ2v) is 6.49. The number of aryl methyl sites for hydroxylation is 1. The Morgan fingerprint density at radius 3 is 2.69 bits per heavy atom. The molecule has 0 bridgehead atoms. The predicted octanol–water partition coefficient (Wildman–Crippen LogP) is 2.73. The number of halogens is 1. The van der Waals surface area contributed by atoms with Crippen molar-refractivity contribution in [3.8, 4) is 11.6 Å². The first-order chi connectivity index (χ1) is 13.8. The number of hydrogen-bond donors (Lipinski definition) is 2. The maximum absolute atomic E-state index is 12.2. The smallest absolute Gasteiger partial charge is 0.339 e. The molecule has 9 heteroatoms. The lowest BCUT2D eigenvalue weighted by Crippen LogP contribution is -2.31. The van der Waals surface area contributed by atoms with Crippen LogP contribution >= 0.6 is 11.6 Å². The molecular weight excluding hydrogens is 398 g/mol. The van der Waals surface area contributed by atoms with Gasteiger partial charge in [0, 0.05) is 6.21 Å². The number of nitrogens with one attached hydrogen (secondary N) is 1. The Hall–Kier alpha value is -3.65. The van der Waals surface area contributed by atoms with Gasteiger partial charge in [0.25, 0.3) is 5.56 Å². The van der Waals surface area contributed by atoms with Crippen molar-refractivity contribution < 1.29 is 14.6 Å². The summed E-state index contributed by atoms with van der Waals surface area (Å²) in [6, 6.07) is 11.2. The van der Waals surface area contributed by atoms with E-state index in [-0.39, 0.29) is 16.1 Å². The number of esters is 1. The molecule has 0 aliphatic heterocycles. The molecule has 0 radical (unpaired) electrons. The van der Waals surface area contributed by atoms with Crippen LogP contribution in [0.5, 0.6) is 5.88 Å². The van der Waals surface area contributed by atoms with Crippen LogP contribution in [0.3, 0.4) is 0 Å². The number of methoxy groups -OCH3 is 1. The number of carbonyl (C=O) groups excluding carboxylic acids is 1. The molecular formula is C20H16ClN3O5. The van der Waals surface area contributed by atoms with Crippen molar-refractivity contribution in [3.05, 3.63) is 85.0 Å². The molecule has 0 fully saturated rings. The molecule has 0 aliphatic rings. The summed E-state index contributed by atoms with van der Waals surface area (Å²) in [5.41, 5.74) is -0.157. The summed E-state index contributed by atoms with van der Waals surface area (Å²) in [5.74, 6) is -1.20. The Morgan fingerprint density at radius 1 is 1.24 bits per heavy atom. The zero-order chi connectivity index (χ0) is 21.1. The van der Waals surface area contributed by atoms with E-state index >= 15 is 0 Å². The van der Waals surface area contributed by atoms with Crippen molar-refractivity contribution in [2.24, 2.45) is 4.99 Å². The highest BCUT2D eigenvalue weighted by Gasteiger charge is 2.15. The van der Waals surface area contributed by atoms with Gasteiger partial charge in [-0.2, -0.15) is 0 Å². The van der Waals surface area contributed by atoms with Crippen LogP contribution in [0.25, 0.3) is 5.69 Å². The fraction of sp³-hybridized carbons (Fsp3) is 0.100. The number of aromatic amines is 1. The first-order valence-corrected chi connectivity index (χ1v) is 8.77. The van der Waals surface area contributed by atoms with Gasteiger partial charge in [0.05, 0.1) is 29.1 Å². The van der Waals surface area contributed by atoms with Gasteiger partial charge < -0.3 is 9.84 Å². The minimum Gasteiger partial charge on any atom is -0.493 e. The molecule has 2 N–H and O–H groups in total. The van der Waals surface area contributed by atoms with Crippen LogP contribution in [0.2, 0.25) is 5.02 Å². The van der Waals surface area contributed by atoms with Gasteiger partial charge in [0.2, 0.25) is 5.88 Å². The summed E-state index contributed by atoms with van der Waals surface area (Å²) < 4.78 is 5.62. The third-order valence-electron chi connectivity index (χ3n) is 4.08. The average Bonchev–Trinajstić information content (AvgIpc) is 2.68. The van der Waals surface area contributed by atoms with E-state index < -0.39 is 23.1 Å². The second-order valence-electron chi connectivity index (χ2n) is 6.08. The molecule has 2 aromatic carbocycles. The summed E-state index contributed by atoms with van der Waals surface area (Å²) in [6.45, 7) is 1.83. The number of aromatic nitrogens is 2. The monoisotopic (exact) mass is 413 g/mol. The molecule has 29 heavy (non-hydrogen) atoms. The zero-order valence-corrected chi connectivity index (χ0v) is 16.2. The molecule has 1 aromatic heterocycles. The quantitative estimate of drug-likeness (QED) is 0.504. The summed E-state index contributed by atoms with van der Waals surface area (Å²) in [6.07, 6.45) is 1.10. The first kappa shape index (κ1) is 20.1. The summed E-state index contributed by atoms with van der Waals surface area (Å²) in [5, 5.41) is 10.7. The highest BCUT2D eigenvalue weighted by molar-refractivity contribution is 6.33. The van der Waals surface area contributed by atoms with E-state index in [1.54, 1.807) is 18.2 Å². The standard InChI is InChI=1S/C20H16ClN3O5/c1-11-4-3-5-13(8-11)24-18(26)15(17(25)23-20(24)28)10-22-12-6-7-16(21)14(9-12)19(27)29-2/h3-10,26H,1-2H3,(H,23,25,28). The molecule has 3 aromatic rings. The first-order valence-electron chi connectivity index (χ1n) is 8.39. The van der Waals surface area contributed by atoms with E-state index in [9.17, 15) is 19.5 Å². The maximum Gasteiger partial charge on any atom is 0.339 e. The number of H-pyrrole nitrogens is 1. The highest BCUT2D eigenvalue weighted by Crippen LogP contribution is 2.23. The number of aliphatic imine (C=N–C) groups is 1. The van der Waals surface area contributed by atoms with Gasteiger partial charge in [0.1, 0.15) is 5.56 Å². The van der Waals surface area contributed by atoms with Crippen LogP contribution in [-0.4, -0.2) is 34.0 Å². The molecule has 0 atom stereocenters. The third kappa shape index (κ3) is 4.12. The lowest BCUT2D eigenvalue weighted by Gasteiger charge is -2.10. The third-order valence-corrected chi connectivity index (χ3v) is 4.41. The number of ether oxygens (including phenoxy) is 1. The Morgan fingerprint density at radius 2 is 2.00 bits per heavy atom. The van der Waals surface area contributed by atoms with E-state index in [1.165, 1.54) is 25.3 Å². The van der Waals surface area contributed by atoms with Crippen LogP contribution in [0.15, 0.2) is 57.0 Å². The average molecular weight is 414 g/mol. The van der Waals surface area contributed by atoms with Gasteiger partial charge in [-0.15, -0.1) is 0 Å². The van der Waals surface area contributed by atoms with Gasteiger partial charge in [-0.3, -0.25) is 14.8 Å². The minimum absolute atomic E-state index is 0.103. The fourth-order valence-electron chi connectivity index (χ4n) is 2.66. The van der Waals surface area contributed by atoms with E-state index in [0.29, 0.717) is 11.4 Å². The SMILES string of the molecule is COC(=O)c1cc(N=Cc2c(O)n(-c3cccc(C)c3)c(=O)[nH]c2=O)ccc1Cl. The number of benzene rings is 2. The Kier molecular flexibility index (Phi) is 5.65. The number of aromatic hydroxyl groups is 1. The van der Waals surface area contributed by atoms with Gasteiger partial charge in [-0.25, -0.2) is 14.2 Å². The normalized spacial score (nSPS) is 11.0. The van der Waals surface area contributed by atoms with E-state index in [4.69, 9.17) is 11.6 Å². The maximum atomic E-state index is 12.2. The van der Waals surface area contributed by atoms with E-state index in [1.807, 2.05) is 13.0 Å². The minimum atomic E-state index is -0.803. The highest BCUT2D eigenvalue weighted by atomic mass is 35.5. The van der Waals surface area contributed by atoms with Crippen molar-refractivity contribution in [2.45, 2.75) is 6.92 Å². The van der Waals surface area contributed by atoms with Crippen LogP contribution in [-0.2, 0) is 4.74 Å². The van der Waals surface area contributed by atoms with Gasteiger partial charge in [-0.05, 0) is 42.8 Å². The summed E-state index contributed by atoms with van der Waals surface area (Å²) >= 11 is 5.97. The lowest BCUT2D eigenvalue weighted by molar-refractivity contribution is 0.0601. The molecule has 0 aliphatic carbocycles. The van der Waals surface area contributed by atoms with Crippen molar-refractivity contribution in [3.63, 3.8) is 0 Å². The molecule has 0 spiro atoms. The molecule has 1 heterocycles. The Bertz CT molecular complexity index is 1240. The molecule has 0 saturated carbocycles. The molecule has 0 saturated heterocycles. The van der Waals surface area contributed by atoms with Crippen molar-refractivity contribution in [1.82, 2.24) is 9.55 Å². The van der Waals surface area contributed by atoms with Gasteiger partial charge >= 0.3 is 11.7 Å². The second kappa shape index (κ2) is 8.15. The molecule has 3 rings (SSSR count). The van der Waals surface area contributed by atoms with Crippen LogP contribution < -0.4 is 11.2 Å². The largest absolute Gasteiger partial charge is 0.493 e. The summed E-state index contributed by atoms with van der Waals surface area (Å²) in [4.78, 5) is 42.4. The van der Waals surface area contributed by atoms with Crippen molar-refractivity contribution >= 4 is 29.5 Å². The fourth-order valence-corrected chi connectivity index (χ4v) is 2.86. The molecule has 0 amide bonds. The molecule has 8 nitrogen and oxygen atoms in total. The van der Waals surface area contributed by atoms with Crippen LogP contribution in [0, 0.1) is 6.92 Å². The van der Waals surface area contributed by atoms with Crippen molar-refractivity contribution in [2.75, 3.05) is 7.11 Å². The van der Waals surface area contributed by atoms with Gasteiger partial charge in [-0.1, -0.05) is 23.7 Å². The van der Waals surface area contributed by atoms with E-state index in [2.05, 4.69) is 14.7 Å². The Balaban J connectivity index is 2.09. The zero-order valence-electron chi connectivity index (χ0n) is 15.5. The summed E-state index contributed by atoms with van der Waals surface area (Å²) in [7, 11) is 1.22. The van der Waals surface area contributed by atoms with E-state index in [0.717, 1.165) is 16.3 Å². The molecule has 0 unspecified atom stereocenters. The number of rotatable bonds is 4. The van der Waals surface area contributed by atoms with Gasteiger partial charge in [0.15, 0.2) is 0 Å². The lowest BCUT2D eigenvalue weighted by atomic mass is 10.2. The van der Waals surface area contributed by atoms with Crippen LogP contribution in [0.1, 0.15) is 21.5 Å².